The smallest absolute Gasteiger partial charge is 0.224 e. The lowest BCUT2D eigenvalue weighted by atomic mass is 10.1. The van der Waals surface area contributed by atoms with Gasteiger partial charge in [-0.1, -0.05) is 24.3 Å². The molecular formula is C24H22N6O. The molecule has 0 aliphatic heterocycles. The number of rotatable bonds is 5. The molecule has 0 atom stereocenters. The van der Waals surface area contributed by atoms with Crippen molar-refractivity contribution < 1.29 is 4.79 Å². The molecule has 0 fully saturated rings. The number of nitrogens with zero attached hydrogens (tertiary/aromatic N) is 4. The molecule has 3 heterocycles. The largest absolute Gasteiger partial charge is 0.326 e. The Labute approximate surface area is 179 Å². The van der Waals surface area contributed by atoms with Gasteiger partial charge in [-0.25, -0.2) is 9.50 Å². The van der Waals surface area contributed by atoms with E-state index in [0.29, 0.717) is 12.8 Å². The van der Waals surface area contributed by atoms with Crippen LogP contribution in [-0.4, -0.2) is 30.7 Å². The molecule has 1 amide bonds. The highest BCUT2D eigenvalue weighted by Gasteiger charge is 2.15. The first-order chi connectivity index (χ1) is 15.1. The molecule has 0 unspecified atom stereocenters. The van der Waals surface area contributed by atoms with Gasteiger partial charge in [-0.3, -0.25) is 9.89 Å². The van der Waals surface area contributed by atoms with Gasteiger partial charge in [0.1, 0.15) is 0 Å². The third-order valence-corrected chi connectivity index (χ3v) is 5.58. The third-order valence-electron chi connectivity index (χ3n) is 5.58. The van der Waals surface area contributed by atoms with Crippen LogP contribution in [0.25, 0.3) is 27.8 Å². The van der Waals surface area contributed by atoms with Gasteiger partial charge in [0.25, 0.3) is 0 Å². The van der Waals surface area contributed by atoms with Crippen molar-refractivity contribution in [3.05, 3.63) is 77.7 Å². The van der Waals surface area contributed by atoms with E-state index in [1.807, 2.05) is 73.0 Å². The molecule has 3 aromatic heterocycles. The van der Waals surface area contributed by atoms with E-state index >= 15 is 0 Å². The molecule has 0 spiro atoms. The monoisotopic (exact) mass is 410 g/mol. The van der Waals surface area contributed by atoms with Crippen molar-refractivity contribution in [2.24, 2.45) is 0 Å². The normalized spacial score (nSPS) is 11.3. The first-order valence-electron chi connectivity index (χ1n) is 10.2. The molecule has 7 nitrogen and oxygen atoms in total. The number of amides is 1. The zero-order valence-corrected chi connectivity index (χ0v) is 17.4. The van der Waals surface area contributed by atoms with E-state index < -0.39 is 0 Å². The maximum absolute atomic E-state index is 12.6. The summed E-state index contributed by atoms with van der Waals surface area (Å²) in [6, 6.07) is 17.6. The molecule has 0 saturated carbocycles. The van der Waals surface area contributed by atoms with Crippen molar-refractivity contribution >= 4 is 28.1 Å². The molecule has 0 radical (unpaired) electrons. The molecule has 154 valence electrons. The van der Waals surface area contributed by atoms with Crippen molar-refractivity contribution in [1.29, 1.82) is 0 Å². The second-order valence-corrected chi connectivity index (χ2v) is 7.61. The Bertz CT molecular complexity index is 1400. The second-order valence-electron chi connectivity index (χ2n) is 7.61. The fourth-order valence-electron chi connectivity index (χ4n) is 3.98. The fraction of sp³-hybridized carbons (Fsp3) is 0.167. The Morgan fingerprint density at radius 2 is 1.97 bits per heavy atom. The van der Waals surface area contributed by atoms with Gasteiger partial charge in [-0.05, 0) is 56.2 Å². The van der Waals surface area contributed by atoms with E-state index in [9.17, 15) is 4.79 Å². The van der Waals surface area contributed by atoms with Crippen LogP contribution in [0.5, 0.6) is 0 Å². The van der Waals surface area contributed by atoms with E-state index in [4.69, 9.17) is 10.1 Å². The Kier molecular flexibility index (Phi) is 4.71. The molecule has 5 rings (SSSR count). The molecule has 7 heteroatoms. The number of anilines is 1. The van der Waals surface area contributed by atoms with Crippen LogP contribution < -0.4 is 5.32 Å². The van der Waals surface area contributed by atoms with Crippen LogP contribution in [0.2, 0.25) is 0 Å². The van der Waals surface area contributed by atoms with Gasteiger partial charge in [0.15, 0.2) is 5.65 Å². The minimum absolute atomic E-state index is 0.0358. The topological polar surface area (TPSA) is 88.0 Å². The van der Waals surface area contributed by atoms with Crippen molar-refractivity contribution in [1.82, 2.24) is 24.8 Å². The molecule has 0 aliphatic carbocycles. The second kappa shape index (κ2) is 7.68. The Morgan fingerprint density at radius 1 is 1.10 bits per heavy atom. The van der Waals surface area contributed by atoms with Gasteiger partial charge in [0.2, 0.25) is 5.91 Å². The number of aromatic amines is 1. The lowest BCUT2D eigenvalue weighted by Gasteiger charge is -2.11. The van der Waals surface area contributed by atoms with Crippen molar-refractivity contribution in [3.8, 4) is 11.3 Å². The summed E-state index contributed by atoms with van der Waals surface area (Å²) in [5, 5.41) is 15.6. The lowest BCUT2D eigenvalue weighted by Crippen LogP contribution is -2.14. The van der Waals surface area contributed by atoms with Crippen LogP contribution in [0.4, 0.5) is 5.69 Å². The van der Waals surface area contributed by atoms with Crippen LogP contribution in [-0.2, 0) is 11.2 Å². The van der Waals surface area contributed by atoms with E-state index in [1.165, 1.54) is 0 Å². The highest BCUT2D eigenvalue weighted by molar-refractivity contribution is 5.93. The quantitative estimate of drug-likeness (QED) is 0.448. The molecule has 5 aromatic rings. The van der Waals surface area contributed by atoms with Gasteiger partial charge < -0.3 is 5.32 Å². The summed E-state index contributed by atoms with van der Waals surface area (Å²) < 4.78 is 1.89. The summed E-state index contributed by atoms with van der Waals surface area (Å²) in [4.78, 5) is 17.4. The minimum atomic E-state index is -0.0358. The van der Waals surface area contributed by atoms with Gasteiger partial charge in [-0.2, -0.15) is 10.2 Å². The van der Waals surface area contributed by atoms with Crippen molar-refractivity contribution in [2.45, 2.75) is 26.7 Å². The average Bonchev–Trinajstić information content (AvgIpc) is 3.42. The molecule has 2 aromatic carbocycles. The van der Waals surface area contributed by atoms with Gasteiger partial charge in [0.05, 0.1) is 11.2 Å². The van der Waals surface area contributed by atoms with Gasteiger partial charge >= 0.3 is 0 Å². The number of hydrogen-bond donors (Lipinski definition) is 2. The highest BCUT2D eigenvalue weighted by atomic mass is 16.1. The maximum atomic E-state index is 12.6. The van der Waals surface area contributed by atoms with Gasteiger partial charge in [-0.15, -0.1) is 0 Å². The Morgan fingerprint density at radius 3 is 2.81 bits per heavy atom. The maximum Gasteiger partial charge on any atom is 0.224 e. The van der Waals surface area contributed by atoms with Crippen LogP contribution in [0.15, 0.2) is 60.8 Å². The standard InChI is InChI=1S/C24H22N6O/c1-15-19(16(2)30-24(26-15)20-8-3-4-9-22(20)29-30)10-11-23(31)27-18-7-5-6-17(14-18)21-12-13-25-28-21/h3-9,12-14H,10-11H2,1-2H3,(H,25,28)(H,27,31). The van der Waals surface area contributed by atoms with E-state index in [0.717, 1.165) is 50.4 Å². The predicted octanol–water partition coefficient (Wildman–Crippen LogP) is 4.46. The molecule has 2 N–H and O–H groups in total. The zero-order chi connectivity index (χ0) is 21.4. The average molecular weight is 410 g/mol. The number of nitrogens with one attached hydrogen (secondary N) is 2. The van der Waals surface area contributed by atoms with E-state index in [2.05, 4.69) is 15.5 Å². The fourth-order valence-corrected chi connectivity index (χ4v) is 3.98. The molecule has 0 saturated heterocycles. The molecule has 0 bridgehead atoms. The number of benzene rings is 2. The van der Waals surface area contributed by atoms with Crippen LogP contribution in [0.1, 0.15) is 23.4 Å². The number of aryl methyl sites for hydroxylation is 2. The summed E-state index contributed by atoms with van der Waals surface area (Å²) in [5.41, 5.74) is 7.44. The highest BCUT2D eigenvalue weighted by Crippen LogP contribution is 2.24. The van der Waals surface area contributed by atoms with Crippen LogP contribution in [0.3, 0.4) is 0 Å². The Balaban J connectivity index is 1.34. The first-order valence-corrected chi connectivity index (χ1v) is 10.2. The number of carbonyl (C=O) groups excluding carboxylic acids is 1. The number of aromatic nitrogens is 5. The first kappa shape index (κ1) is 19.0. The summed E-state index contributed by atoms with van der Waals surface area (Å²) in [6.07, 6.45) is 2.67. The van der Waals surface area contributed by atoms with Crippen LogP contribution >= 0.6 is 0 Å². The summed E-state index contributed by atoms with van der Waals surface area (Å²) >= 11 is 0. The Hall–Kier alpha value is -4.00. The lowest BCUT2D eigenvalue weighted by molar-refractivity contribution is -0.116. The van der Waals surface area contributed by atoms with Crippen LogP contribution in [0, 0.1) is 13.8 Å². The summed E-state index contributed by atoms with van der Waals surface area (Å²) in [6.45, 7) is 4.03. The van der Waals surface area contributed by atoms with Crippen molar-refractivity contribution in [2.75, 3.05) is 5.32 Å². The number of carbonyl (C=O) groups is 1. The number of H-pyrrole nitrogens is 1. The number of fused-ring (bicyclic) bond motifs is 3. The molecule has 31 heavy (non-hydrogen) atoms. The zero-order valence-electron chi connectivity index (χ0n) is 17.4. The summed E-state index contributed by atoms with van der Waals surface area (Å²) in [7, 11) is 0. The summed E-state index contributed by atoms with van der Waals surface area (Å²) in [5.74, 6) is -0.0358. The van der Waals surface area contributed by atoms with Gasteiger partial charge in [0, 0.05) is 40.6 Å². The predicted molar refractivity (Wildman–Crippen MR) is 121 cm³/mol. The molecular weight excluding hydrogens is 388 g/mol. The minimum Gasteiger partial charge on any atom is -0.326 e. The molecule has 0 aliphatic rings. The van der Waals surface area contributed by atoms with Crippen molar-refractivity contribution in [3.63, 3.8) is 0 Å². The number of hydrogen-bond acceptors (Lipinski definition) is 4. The third kappa shape index (κ3) is 3.54. The van der Waals surface area contributed by atoms with E-state index in [1.54, 1.807) is 6.20 Å². The SMILES string of the molecule is Cc1nc2c3ccccc3nn2c(C)c1CCC(=O)Nc1cccc(-c2ccn[nH]2)c1. The van der Waals surface area contributed by atoms with E-state index in [-0.39, 0.29) is 5.91 Å².